The molecule has 0 atom stereocenters. The van der Waals surface area contributed by atoms with Crippen LogP contribution in [0.25, 0.3) is 0 Å². The zero-order valence-electron chi connectivity index (χ0n) is 13.5. The lowest BCUT2D eigenvalue weighted by atomic mass is 10.2. The smallest absolute Gasteiger partial charge is 0.224 e. The van der Waals surface area contributed by atoms with Crippen molar-refractivity contribution in [2.24, 2.45) is 0 Å². The van der Waals surface area contributed by atoms with Gasteiger partial charge in [-0.05, 0) is 24.1 Å². The van der Waals surface area contributed by atoms with E-state index in [4.69, 9.17) is 16.3 Å². The number of hydrogen-bond donors (Lipinski definition) is 0. The van der Waals surface area contributed by atoms with Gasteiger partial charge >= 0.3 is 0 Å². The summed E-state index contributed by atoms with van der Waals surface area (Å²) in [4.78, 5) is 14.3. The van der Waals surface area contributed by atoms with E-state index in [0.717, 1.165) is 24.3 Å². The first-order valence-corrected chi connectivity index (χ1v) is 8.09. The number of halogens is 1. The molecule has 0 aliphatic heterocycles. The van der Waals surface area contributed by atoms with Crippen LogP contribution in [0.3, 0.4) is 0 Å². The Morgan fingerprint density at radius 3 is 2.65 bits per heavy atom. The van der Waals surface area contributed by atoms with Crippen molar-refractivity contribution in [2.45, 2.75) is 32.9 Å². The average Bonchev–Trinajstić information content (AvgIpc) is 2.98. The Morgan fingerprint density at radius 1 is 1.35 bits per heavy atom. The van der Waals surface area contributed by atoms with Crippen molar-refractivity contribution < 1.29 is 9.53 Å². The van der Waals surface area contributed by atoms with E-state index in [1.165, 1.54) is 0 Å². The van der Waals surface area contributed by atoms with Gasteiger partial charge in [-0.1, -0.05) is 30.7 Å². The fourth-order valence-electron chi connectivity index (χ4n) is 2.34. The fraction of sp³-hybridized carbons (Fsp3) is 0.412. The number of aryl methyl sites for hydroxylation is 1. The van der Waals surface area contributed by atoms with E-state index in [9.17, 15) is 4.79 Å². The van der Waals surface area contributed by atoms with Gasteiger partial charge in [-0.3, -0.25) is 9.48 Å². The zero-order chi connectivity index (χ0) is 16.7. The molecule has 1 aromatic carbocycles. The predicted octanol–water partition coefficient (Wildman–Crippen LogP) is 3.37. The third-order valence-electron chi connectivity index (χ3n) is 3.54. The lowest BCUT2D eigenvalue weighted by Gasteiger charge is -2.22. The van der Waals surface area contributed by atoms with Crippen molar-refractivity contribution >= 4 is 17.5 Å². The Hall–Kier alpha value is -2.01. The average molecular weight is 336 g/mol. The number of methoxy groups -OCH3 is 1. The van der Waals surface area contributed by atoms with E-state index in [-0.39, 0.29) is 5.91 Å². The molecule has 23 heavy (non-hydrogen) atoms. The van der Waals surface area contributed by atoms with Crippen LogP contribution in [0.1, 0.15) is 25.3 Å². The highest BCUT2D eigenvalue weighted by molar-refractivity contribution is 6.30. The molecule has 0 unspecified atom stereocenters. The van der Waals surface area contributed by atoms with E-state index in [1.807, 2.05) is 29.2 Å². The molecule has 0 radical (unpaired) electrons. The maximum absolute atomic E-state index is 12.5. The van der Waals surface area contributed by atoms with Gasteiger partial charge in [0.05, 0.1) is 18.3 Å². The number of hydrogen-bond acceptors (Lipinski definition) is 3. The molecule has 0 bridgehead atoms. The number of benzene rings is 1. The largest absolute Gasteiger partial charge is 0.497 e. The van der Waals surface area contributed by atoms with Crippen molar-refractivity contribution in [1.29, 1.82) is 0 Å². The molecule has 6 heteroatoms. The summed E-state index contributed by atoms with van der Waals surface area (Å²) >= 11 is 5.83. The number of carbonyl (C=O) groups is 1. The molecule has 5 nitrogen and oxygen atoms in total. The van der Waals surface area contributed by atoms with Crippen LogP contribution in [0, 0.1) is 0 Å². The third-order valence-corrected chi connectivity index (χ3v) is 3.73. The summed E-state index contributed by atoms with van der Waals surface area (Å²) in [6, 6.07) is 7.80. The van der Waals surface area contributed by atoms with Crippen LogP contribution < -0.4 is 4.74 Å². The van der Waals surface area contributed by atoms with Crippen LogP contribution in [0.4, 0.5) is 0 Å². The topological polar surface area (TPSA) is 47.4 Å². The van der Waals surface area contributed by atoms with Gasteiger partial charge in [-0.2, -0.15) is 5.10 Å². The van der Waals surface area contributed by atoms with Gasteiger partial charge in [0.25, 0.3) is 0 Å². The summed E-state index contributed by atoms with van der Waals surface area (Å²) in [5, 5.41) is 4.68. The second-order valence-corrected chi connectivity index (χ2v) is 5.77. The van der Waals surface area contributed by atoms with Gasteiger partial charge in [-0.15, -0.1) is 0 Å². The number of ether oxygens (including phenoxy) is 1. The van der Waals surface area contributed by atoms with Crippen LogP contribution in [0.15, 0.2) is 36.7 Å². The minimum Gasteiger partial charge on any atom is -0.497 e. The Bertz CT molecular complexity index is 625. The summed E-state index contributed by atoms with van der Waals surface area (Å²) in [6.45, 7) is 3.96. The Labute approximate surface area is 141 Å². The van der Waals surface area contributed by atoms with Crippen molar-refractivity contribution in [3.8, 4) is 5.75 Å². The molecule has 0 aliphatic rings. The standard InChI is InChI=1S/C17H22ClN3O2/c1-3-9-20(12-14-4-6-16(23-2)7-5-14)17(22)8-10-21-13-15(18)11-19-21/h4-7,11,13H,3,8-10,12H2,1-2H3. The molecule has 0 aliphatic carbocycles. The minimum atomic E-state index is 0.120. The summed E-state index contributed by atoms with van der Waals surface area (Å²) < 4.78 is 6.85. The molecule has 124 valence electrons. The van der Waals surface area contributed by atoms with Gasteiger partial charge < -0.3 is 9.64 Å². The lowest BCUT2D eigenvalue weighted by Crippen LogP contribution is -2.32. The molecular weight excluding hydrogens is 314 g/mol. The maximum Gasteiger partial charge on any atom is 0.224 e. The van der Waals surface area contributed by atoms with Gasteiger partial charge in [0.2, 0.25) is 5.91 Å². The fourth-order valence-corrected chi connectivity index (χ4v) is 2.50. The maximum atomic E-state index is 12.5. The second kappa shape index (κ2) is 8.58. The number of rotatable bonds is 8. The van der Waals surface area contributed by atoms with Crippen molar-refractivity contribution in [3.05, 3.63) is 47.2 Å². The lowest BCUT2D eigenvalue weighted by molar-refractivity contribution is -0.132. The monoisotopic (exact) mass is 335 g/mol. The zero-order valence-corrected chi connectivity index (χ0v) is 14.3. The van der Waals surface area contributed by atoms with E-state index in [0.29, 0.717) is 24.5 Å². The van der Waals surface area contributed by atoms with Crippen LogP contribution in [-0.2, 0) is 17.9 Å². The molecule has 1 heterocycles. The molecule has 0 saturated carbocycles. The first-order valence-electron chi connectivity index (χ1n) is 7.71. The second-order valence-electron chi connectivity index (χ2n) is 5.33. The molecule has 0 saturated heterocycles. The summed E-state index contributed by atoms with van der Waals surface area (Å²) in [5.74, 6) is 0.937. The van der Waals surface area contributed by atoms with E-state index in [1.54, 1.807) is 24.2 Å². The predicted molar refractivity (Wildman–Crippen MR) is 90.6 cm³/mol. The van der Waals surface area contributed by atoms with Crippen LogP contribution >= 0.6 is 11.6 Å². The molecule has 1 amide bonds. The molecule has 0 N–H and O–H groups in total. The normalized spacial score (nSPS) is 10.6. The summed E-state index contributed by atoms with van der Waals surface area (Å²) in [6.07, 6.45) is 4.64. The van der Waals surface area contributed by atoms with Crippen molar-refractivity contribution in [2.75, 3.05) is 13.7 Å². The molecule has 2 aromatic rings. The number of nitrogens with zero attached hydrogens (tertiary/aromatic N) is 3. The molecule has 2 rings (SSSR count). The SMILES string of the molecule is CCCN(Cc1ccc(OC)cc1)C(=O)CCn1cc(Cl)cn1. The Morgan fingerprint density at radius 2 is 2.09 bits per heavy atom. The van der Waals surface area contributed by atoms with Crippen LogP contribution in [-0.4, -0.2) is 34.2 Å². The minimum absolute atomic E-state index is 0.120. The first-order chi connectivity index (χ1) is 11.1. The number of carbonyl (C=O) groups excluding carboxylic acids is 1. The van der Waals surface area contributed by atoms with Crippen molar-refractivity contribution in [1.82, 2.24) is 14.7 Å². The highest BCUT2D eigenvalue weighted by Gasteiger charge is 2.13. The summed E-state index contributed by atoms with van der Waals surface area (Å²) in [7, 11) is 1.64. The van der Waals surface area contributed by atoms with E-state index < -0.39 is 0 Å². The van der Waals surface area contributed by atoms with Gasteiger partial charge in [-0.25, -0.2) is 0 Å². The number of aromatic nitrogens is 2. The summed E-state index contributed by atoms with van der Waals surface area (Å²) in [5.41, 5.74) is 1.09. The first kappa shape index (κ1) is 17.3. The van der Waals surface area contributed by atoms with E-state index >= 15 is 0 Å². The van der Waals surface area contributed by atoms with Crippen LogP contribution in [0.2, 0.25) is 5.02 Å². The van der Waals surface area contributed by atoms with E-state index in [2.05, 4.69) is 12.0 Å². The molecule has 0 fully saturated rings. The van der Waals surface area contributed by atoms with Gasteiger partial charge in [0.1, 0.15) is 5.75 Å². The Balaban J connectivity index is 1.94. The molecule has 0 spiro atoms. The molecule has 1 aromatic heterocycles. The highest BCUT2D eigenvalue weighted by atomic mass is 35.5. The Kier molecular flexibility index (Phi) is 6.47. The van der Waals surface area contributed by atoms with Crippen molar-refractivity contribution in [3.63, 3.8) is 0 Å². The number of amides is 1. The third kappa shape index (κ3) is 5.28. The quantitative estimate of drug-likeness (QED) is 0.743. The van der Waals surface area contributed by atoms with Gasteiger partial charge in [0, 0.05) is 32.3 Å². The molecular formula is C17H22ClN3O2. The van der Waals surface area contributed by atoms with Crippen LogP contribution in [0.5, 0.6) is 5.75 Å². The van der Waals surface area contributed by atoms with Gasteiger partial charge in [0.15, 0.2) is 0 Å². The highest BCUT2D eigenvalue weighted by Crippen LogP contribution is 2.14.